The third-order valence-electron chi connectivity index (χ3n) is 6.15. The van der Waals surface area contributed by atoms with Gasteiger partial charge in [-0.3, -0.25) is 4.79 Å². The molecule has 1 fully saturated rings. The minimum absolute atomic E-state index is 0. The molecule has 3 nitrogen and oxygen atoms in total. The van der Waals surface area contributed by atoms with E-state index in [9.17, 15) is 4.79 Å². The van der Waals surface area contributed by atoms with Crippen LogP contribution in [0.4, 0.5) is 0 Å². The van der Waals surface area contributed by atoms with Gasteiger partial charge >= 0.3 is 0 Å². The minimum Gasteiger partial charge on any atom is -0.349 e. The number of hydrogen-bond donors (Lipinski definition) is 1. The van der Waals surface area contributed by atoms with Gasteiger partial charge in [-0.25, -0.2) is 0 Å². The van der Waals surface area contributed by atoms with E-state index < -0.39 is 0 Å². The first-order valence-electron chi connectivity index (χ1n) is 9.94. The van der Waals surface area contributed by atoms with Crippen LogP contribution in [0.3, 0.4) is 0 Å². The second kappa shape index (κ2) is 7.11. The fourth-order valence-electron chi connectivity index (χ4n) is 4.49. The van der Waals surface area contributed by atoms with E-state index in [0.29, 0.717) is 11.8 Å². The van der Waals surface area contributed by atoms with Crippen LogP contribution in [-0.4, -0.2) is 30.4 Å². The van der Waals surface area contributed by atoms with Gasteiger partial charge in [0.25, 0.3) is 0 Å². The SMILES string of the molecule is CCC(=O)N[C@H]1CC2(CCN(CCC(C)(C)C)CC2)c2ccccc21.[HH]. The van der Waals surface area contributed by atoms with Gasteiger partial charge in [-0.05, 0) is 61.9 Å². The minimum atomic E-state index is 0. The lowest BCUT2D eigenvalue weighted by molar-refractivity contribution is -0.121. The molecule has 1 aromatic carbocycles. The average Bonchev–Trinajstić information content (AvgIpc) is 2.88. The summed E-state index contributed by atoms with van der Waals surface area (Å²) in [4.78, 5) is 14.6. The molecule has 1 heterocycles. The van der Waals surface area contributed by atoms with Gasteiger partial charge in [0, 0.05) is 13.3 Å². The second-order valence-corrected chi connectivity index (χ2v) is 9.20. The average molecular weight is 345 g/mol. The number of rotatable bonds is 4. The molecule has 2 aliphatic rings. The number of hydrogen-bond acceptors (Lipinski definition) is 2. The van der Waals surface area contributed by atoms with Gasteiger partial charge in [-0.1, -0.05) is 52.0 Å². The van der Waals surface area contributed by atoms with Gasteiger partial charge in [-0.15, -0.1) is 0 Å². The Bertz CT molecular complexity index is 615. The quantitative estimate of drug-likeness (QED) is 0.860. The number of carbonyl (C=O) groups excluding carboxylic acids is 1. The lowest BCUT2D eigenvalue weighted by Gasteiger charge is -2.41. The zero-order valence-electron chi connectivity index (χ0n) is 16.4. The van der Waals surface area contributed by atoms with Crippen molar-refractivity contribution < 1.29 is 6.22 Å². The van der Waals surface area contributed by atoms with Crippen molar-refractivity contribution in [2.75, 3.05) is 19.6 Å². The lowest BCUT2D eigenvalue weighted by Crippen LogP contribution is -2.43. The largest absolute Gasteiger partial charge is 0.349 e. The Hall–Kier alpha value is -1.35. The molecule has 0 unspecified atom stereocenters. The molecule has 3 rings (SSSR count). The molecule has 1 saturated heterocycles. The van der Waals surface area contributed by atoms with Gasteiger partial charge in [0.1, 0.15) is 0 Å². The summed E-state index contributed by atoms with van der Waals surface area (Å²) in [6, 6.07) is 9.00. The maximum atomic E-state index is 12.0. The highest BCUT2D eigenvalue weighted by atomic mass is 16.1. The van der Waals surface area contributed by atoms with Crippen LogP contribution in [0.5, 0.6) is 0 Å². The first kappa shape index (κ1) is 18.4. The van der Waals surface area contributed by atoms with E-state index in [4.69, 9.17) is 0 Å². The van der Waals surface area contributed by atoms with Crippen LogP contribution in [0.2, 0.25) is 0 Å². The summed E-state index contributed by atoms with van der Waals surface area (Å²) >= 11 is 0. The summed E-state index contributed by atoms with van der Waals surface area (Å²) < 4.78 is 0. The predicted octanol–water partition coefficient (Wildman–Crippen LogP) is 4.67. The van der Waals surface area contributed by atoms with E-state index in [2.05, 4.69) is 55.3 Å². The molecule has 1 aromatic rings. The van der Waals surface area contributed by atoms with Crippen molar-refractivity contribution in [3.8, 4) is 0 Å². The summed E-state index contributed by atoms with van der Waals surface area (Å²) in [5.74, 6) is 0.166. The standard InChI is InChI=1S/C22H34N2O.H2/c1-5-20(25)23-19-16-22(18-9-7-6-8-17(18)19)11-14-24(15-12-22)13-10-21(2,3)4;/h6-9,19H,5,10-16H2,1-4H3,(H,23,25);1H/t19-;/m0./s1. The molecule has 1 amide bonds. The van der Waals surface area contributed by atoms with Crippen molar-refractivity contribution in [2.45, 2.75) is 71.3 Å². The highest BCUT2D eigenvalue weighted by molar-refractivity contribution is 5.76. The predicted molar refractivity (Wildman–Crippen MR) is 106 cm³/mol. The molecule has 0 saturated carbocycles. The molecule has 1 aliphatic heterocycles. The number of fused-ring (bicyclic) bond motifs is 2. The Kier molecular flexibility index (Phi) is 5.24. The van der Waals surface area contributed by atoms with Gasteiger partial charge in [0.15, 0.2) is 0 Å². The van der Waals surface area contributed by atoms with Crippen molar-refractivity contribution in [1.82, 2.24) is 10.2 Å². The zero-order valence-corrected chi connectivity index (χ0v) is 16.4. The van der Waals surface area contributed by atoms with Crippen molar-refractivity contribution in [2.24, 2.45) is 5.41 Å². The Morgan fingerprint density at radius 2 is 1.96 bits per heavy atom. The summed E-state index contributed by atoms with van der Waals surface area (Å²) in [5, 5.41) is 3.26. The first-order chi connectivity index (χ1) is 11.8. The molecular weight excluding hydrogens is 308 g/mol. The van der Waals surface area contributed by atoms with Crippen molar-refractivity contribution in [3.05, 3.63) is 35.4 Å². The van der Waals surface area contributed by atoms with E-state index in [1.54, 1.807) is 0 Å². The topological polar surface area (TPSA) is 32.3 Å². The third-order valence-corrected chi connectivity index (χ3v) is 6.15. The molecular formula is C22H36N2O. The number of likely N-dealkylation sites (tertiary alicyclic amines) is 1. The summed E-state index contributed by atoms with van der Waals surface area (Å²) in [7, 11) is 0. The normalized spacial score (nSPS) is 22.8. The van der Waals surface area contributed by atoms with Crippen LogP contribution in [0.25, 0.3) is 0 Å². The van der Waals surface area contributed by atoms with Crippen molar-refractivity contribution >= 4 is 5.91 Å². The van der Waals surface area contributed by atoms with Crippen LogP contribution >= 0.6 is 0 Å². The summed E-state index contributed by atoms with van der Waals surface area (Å²) in [5.41, 5.74) is 3.52. The number of nitrogens with one attached hydrogen (secondary N) is 1. The molecule has 1 N–H and O–H groups in total. The molecule has 3 heteroatoms. The van der Waals surface area contributed by atoms with E-state index in [1.165, 1.54) is 50.0 Å². The van der Waals surface area contributed by atoms with Crippen LogP contribution in [-0.2, 0) is 10.2 Å². The Morgan fingerprint density at radius 3 is 2.60 bits per heavy atom. The number of amides is 1. The Balaban J connectivity index is 0.00000243. The number of carbonyl (C=O) groups is 1. The molecule has 1 aliphatic carbocycles. The van der Waals surface area contributed by atoms with Crippen molar-refractivity contribution in [3.63, 3.8) is 0 Å². The Labute approximate surface area is 154 Å². The lowest BCUT2D eigenvalue weighted by atomic mass is 9.73. The van der Waals surface area contributed by atoms with Crippen LogP contribution in [0, 0.1) is 5.41 Å². The smallest absolute Gasteiger partial charge is 0.220 e. The van der Waals surface area contributed by atoms with Crippen LogP contribution in [0.1, 0.15) is 78.4 Å². The van der Waals surface area contributed by atoms with Gasteiger partial charge in [0.2, 0.25) is 5.91 Å². The monoisotopic (exact) mass is 344 g/mol. The summed E-state index contributed by atoms with van der Waals surface area (Å²) in [6.07, 6.45) is 5.32. The van der Waals surface area contributed by atoms with Gasteiger partial charge < -0.3 is 10.2 Å². The number of nitrogens with zero attached hydrogens (tertiary/aromatic N) is 1. The van der Waals surface area contributed by atoms with E-state index in [0.717, 1.165) is 6.42 Å². The van der Waals surface area contributed by atoms with E-state index in [-0.39, 0.29) is 18.8 Å². The van der Waals surface area contributed by atoms with Crippen LogP contribution < -0.4 is 5.32 Å². The molecule has 1 atom stereocenters. The molecule has 0 radical (unpaired) electrons. The number of piperidine rings is 1. The highest BCUT2D eigenvalue weighted by Gasteiger charge is 2.45. The molecule has 25 heavy (non-hydrogen) atoms. The fourth-order valence-corrected chi connectivity index (χ4v) is 4.49. The number of benzene rings is 1. The van der Waals surface area contributed by atoms with Gasteiger partial charge in [0.05, 0.1) is 6.04 Å². The van der Waals surface area contributed by atoms with Crippen molar-refractivity contribution in [1.29, 1.82) is 0 Å². The highest BCUT2D eigenvalue weighted by Crippen LogP contribution is 2.50. The fraction of sp³-hybridized carbons (Fsp3) is 0.682. The molecule has 1 spiro atoms. The van der Waals surface area contributed by atoms with E-state index >= 15 is 0 Å². The molecule has 0 aromatic heterocycles. The molecule has 0 bridgehead atoms. The zero-order chi connectivity index (χ0) is 18.1. The summed E-state index contributed by atoms with van der Waals surface area (Å²) in [6.45, 7) is 12.5. The first-order valence-corrected chi connectivity index (χ1v) is 9.94. The van der Waals surface area contributed by atoms with Crippen LogP contribution in [0.15, 0.2) is 24.3 Å². The van der Waals surface area contributed by atoms with Gasteiger partial charge in [-0.2, -0.15) is 0 Å². The maximum absolute atomic E-state index is 12.0. The molecule has 140 valence electrons. The van der Waals surface area contributed by atoms with E-state index in [1.807, 2.05) is 6.92 Å². The second-order valence-electron chi connectivity index (χ2n) is 9.20. The maximum Gasteiger partial charge on any atom is 0.220 e. The third kappa shape index (κ3) is 4.08. The Morgan fingerprint density at radius 1 is 1.28 bits per heavy atom.